The quantitative estimate of drug-likeness (QED) is 0.760. The molecule has 2 rings (SSSR count). The van der Waals surface area contributed by atoms with Crippen LogP contribution < -0.4 is 20.7 Å². The van der Waals surface area contributed by atoms with Crippen LogP contribution in [-0.4, -0.2) is 25.6 Å². The minimum absolute atomic E-state index is 0.123. The molecule has 0 aromatic heterocycles. The van der Waals surface area contributed by atoms with Gasteiger partial charge in [-0.05, 0) is 42.8 Å². The number of ether oxygens (including phenoxy) is 1. The van der Waals surface area contributed by atoms with E-state index in [4.69, 9.17) is 4.74 Å². The molecule has 0 bridgehead atoms. The Morgan fingerprint density at radius 1 is 1.00 bits per heavy atom. The standard InChI is InChI=1S/C18H21N3O3/c1-3-12-19-17(22)13-8-10-14(11-9-13)20-18(23)21-15-6-4-5-7-16(15)24-2/h4-11H,3,12H2,1-2H3,(H,19,22)(H2,20,21,23). The largest absolute Gasteiger partial charge is 0.495 e. The lowest BCUT2D eigenvalue weighted by molar-refractivity contribution is 0.0953. The van der Waals surface area contributed by atoms with E-state index in [0.717, 1.165) is 6.42 Å². The topological polar surface area (TPSA) is 79.5 Å². The summed E-state index contributed by atoms with van der Waals surface area (Å²) in [5.41, 5.74) is 1.72. The molecule has 0 aliphatic carbocycles. The van der Waals surface area contributed by atoms with Gasteiger partial charge < -0.3 is 20.7 Å². The van der Waals surface area contributed by atoms with Gasteiger partial charge in [-0.2, -0.15) is 0 Å². The fourth-order valence-electron chi connectivity index (χ4n) is 2.08. The van der Waals surface area contributed by atoms with Crippen molar-refractivity contribution >= 4 is 23.3 Å². The Labute approximate surface area is 141 Å². The Morgan fingerprint density at radius 2 is 1.71 bits per heavy atom. The van der Waals surface area contributed by atoms with Gasteiger partial charge >= 0.3 is 6.03 Å². The Morgan fingerprint density at radius 3 is 2.38 bits per heavy atom. The molecule has 6 nitrogen and oxygen atoms in total. The highest BCUT2D eigenvalue weighted by Gasteiger charge is 2.08. The van der Waals surface area contributed by atoms with E-state index < -0.39 is 0 Å². The summed E-state index contributed by atoms with van der Waals surface area (Å²) in [6.45, 7) is 2.63. The third kappa shape index (κ3) is 4.74. The van der Waals surface area contributed by atoms with Crippen LogP contribution in [0.1, 0.15) is 23.7 Å². The zero-order chi connectivity index (χ0) is 17.4. The molecule has 3 amide bonds. The molecule has 0 atom stereocenters. The third-order valence-corrected chi connectivity index (χ3v) is 3.30. The Balaban J connectivity index is 1.95. The predicted octanol–water partition coefficient (Wildman–Crippen LogP) is 3.48. The van der Waals surface area contributed by atoms with E-state index in [1.54, 1.807) is 43.5 Å². The van der Waals surface area contributed by atoms with Crippen LogP contribution in [0.15, 0.2) is 48.5 Å². The van der Waals surface area contributed by atoms with E-state index in [-0.39, 0.29) is 11.9 Å². The third-order valence-electron chi connectivity index (χ3n) is 3.30. The Hall–Kier alpha value is -3.02. The second-order valence-corrected chi connectivity index (χ2v) is 5.11. The average molecular weight is 327 g/mol. The molecule has 0 radical (unpaired) electrons. The first-order chi connectivity index (χ1) is 11.6. The number of anilines is 2. The maximum Gasteiger partial charge on any atom is 0.323 e. The van der Waals surface area contributed by atoms with Gasteiger partial charge in [0.05, 0.1) is 12.8 Å². The minimum Gasteiger partial charge on any atom is -0.495 e. The van der Waals surface area contributed by atoms with Crippen LogP contribution in [0.25, 0.3) is 0 Å². The molecule has 3 N–H and O–H groups in total. The smallest absolute Gasteiger partial charge is 0.323 e. The molecule has 0 aliphatic heterocycles. The van der Waals surface area contributed by atoms with Crippen molar-refractivity contribution in [2.45, 2.75) is 13.3 Å². The second kappa shape index (κ2) is 8.57. The maximum atomic E-state index is 12.1. The Kier molecular flexibility index (Phi) is 6.19. The number of urea groups is 1. The van der Waals surface area contributed by atoms with E-state index in [9.17, 15) is 9.59 Å². The summed E-state index contributed by atoms with van der Waals surface area (Å²) in [5.74, 6) is 0.456. The van der Waals surface area contributed by atoms with E-state index in [1.807, 2.05) is 19.1 Å². The van der Waals surface area contributed by atoms with Crippen molar-refractivity contribution in [2.75, 3.05) is 24.3 Å². The molecule has 0 unspecified atom stereocenters. The molecule has 2 aromatic carbocycles. The van der Waals surface area contributed by atoms with Crippen LogP contribution in [0.4, 0.5) is 16.2 Å². The molecule has 0 heterocycles. The number of para-hydroxylation sites is 2. The van der Waals surface area contributed by atoms with Gasteiger partial charge in [-0.1, -0.05) is 19.1 Å². The monoisotopic (exact) mass is 327 g/mol. The first-order valence-corrected chi connectivity index (χ1v) is 7.73. The molecule has 0 spiro atoms. The lowest BCUT2D eigenvalue weighted by Crippen LogP contribution is -2.24. The predicted molar refractivity (Wildman–Crippen MR) is 94.7 cm³/mol. The van der Waals surface area contributed by atoms with Crippen LogP contribution in [0.3, 0.4) is 0 Å². The van der Waals surface area contributed by atoms with Crippen LogP contribution in [0.2, 0.25) is 0 Å². The normalized spacial score (nSPS) is 9.92. The minimum atomic E-state index is -0.386. The summed E-state index contributed by atoms with van der Waals surface area (Å²) in [6.07, 6.45) is 0.883. The van der Waals surface area contributed by atoms with Gasteiger partial charge in [-0.15, -0.1) is 0 Å². The zero-order valence-electron chi connectivity index (χ0n) is 13.8. The van der Waals surface area contributed by atoms with E-state index in [0.29, 0.717) is 29.2 Å². The lowest BCUT2D eigenvalue weighted by Gasteiger charge is -2.11. The highest BCUT2D eigenvalue weighted by molar-refractivity contribution is 6.01. The number of carbonyl (C=O) groups is 2. The molecule has 0 fully saturated rings. The number of hydrogen-bond donors (Lipinski definition) is 3. The van der Waals surface area contributed by atoms with E-state index in [1.165, 1.54) is 0 Å². The fourth-order valence-corrected chi connectivity index (χ4v) is 2.08. The van der Waals surface area contributed by atoms with Gasteiger partial charge in [0.1, 0.15) is 5.75 Å². The first kappa shape index (κ1) is 17.3. The fraction of sp³-hybridized carbons (Fsp3) is 0.222. The number of nitrogens with one attached hydrogen (secondary N) is 3. The molecule has 126 valence electrons. The first-order valence-electron chi connectivity index (χ1n) is 7.73. The molecular formula is C18H21N3O3. The SMILES string of the molecule is CCCNC(=O)c1ccc(NC(=O)Nc2ccccc2OC)cc1. The van der Waals surface area contributed by atoms with Crippen LogP contribution >= 0.6 is 0 Å². The van der Waals surface area contributed by atoms with Gasteiger partial charge in [-0.3, -0.25) is 4.79 Å². The van der Waals surface area contributed by atoms with Gasteiger partial charge in [0.2, 0.25) is 0 Å². The molecule has 6 heteroatoms. The number of amides is 3. The molecule has 0 aliphatic rings. The highest BCUT2D eigenvalue weighted by Crippen LogP contribution is 2.23. The molecule has 24 heavy (non-hydrogen) atoms. The number of carbonyl (C=O) groups excluding carboxylic acids is 2. The molecular weight excluding hydrogens is 306 g/mol. The summed E-state index contributed by atoms with van der Waals surface area (Å²) in [5, 5.41) is 8.24. The number of methoxy groups -OCH3 is 1. The van der Waals surface area contributed by atoms with Crippen molar-refractivity contribution in [3.8, 4) is 5.75 Å². The average Bonchev–Trinajstić information content (AvgIpc) is 2.60. The van der Waals surface area contributed by atoms with Crippen LogP contribution in [0, 0.1) is 0 Å². The molecule has 2 aromatic rings. The lowest BCUT2D eigenvalue weighted by atomic mass is 10.2. The van der Waals surface area contributed by atoms with Crippen molar-refractivity contribution < 1.29 is 14.3 Å². The van der Waals surface area contributed by atoms with Crippen LogP contribution in [-0.2, 0) is 0 Å². The van der Waals surface area contributed by atoms with Gasteiger partial charge in [0, 0.05) is 17.8 Å². The van der Waals surface area contributed by atoms with Crippen molar-refractivity contribution in [2.24, 2.45) is 0 Å². The summed E-state index contributed by atoms with van der Waals surface area (Å²) < 4.78 is 5.18. The maximum absolute atomic E-state index is 12.1. The van der Waals surface area contributed by atoms with Gasteiger partial charge in [0.25, 0.3) is 5.91 Å². The number of rotatable bonds is 6. The van der Waals surface area contributed by atoms with Crippen molar-refractivity contribution in [1.29, 1.82) is 0 Å². The van der Waals surface area contributed by atoms with Crippen molar-refractivity contribution in [3.05, 3.63) is 54.1 Å². The highest BCUT2D eigenvalue weighted by atomic mass is 16.5. The zero-order valence-corrected chi connectivity index (χ0v) is 13.8. The summed E-state index contributed by atoms with van der Waals surface area (Å²) in [6, 6.07) is 13.5. The number of hydrogen-bond acceptors (Lipinski definition) is 3. The van der Waals surface area contributed by atoms with E-state index in [2.05, 4.69) is 16.0 Å². The van der Waals surface area contributed by atoms with Gasteiger partial charge in [0.15, 0.2) is 0 Å². The summed E-state index contributed by atoms with van der Waals surface area (Å²) >= 11 is 0. The van der Waals surface area contributed by atoms with Crippen LogP contribution in [0.5, 0.6) is 5.75 Å². The van der Waals surface area contributed by atoms with E-state index >= 15 is 0 Å². The second-order valence-electron chi connectivity index (χ2n) is 5.11. The molecule has 0 saturated heterocycles. The summed E-state index contributed by atoms with van der Waals surface area (Å²) in [4.78, 5) is 23.9. The summed E-state index contributed by atoms with van der Waals surface area (Å²) in [7, 11) is 1.54. The van der Waals surface area contributed by atoms with Crippen molar-refractivity contribution in [3.63, 3.8) is 0 Å². The number of benzene rings is 2. The molecule has 0 saturated carbocycles. The van der Waals surface area contributed by atoms with Crippen molar-refractivity contribution in [1.82, 2.24) is 5.32 Å². The Bertz CT molecular complexity index is 699. The van der Waals surface area contributed by atoms with Gasteiger partial charge in [-0.25, -0.2) is 4.79 Å².